The summed E-state index contributed by atoms with van der Waals surface area (Å²) in [6, 6.07) is 5.75. The van der Waals surface area contributed by atoms with Gasteiger partial charge in [-0.3, -0.25) is 0 Å². The molecule has 4 nitrogen and oxygen atoms in total. The van der Waals surface area contributed by atoms with E-state index in [1.165, 1.54) is 24.5 Å². The Balaban J connectivity index is 2.45. The molecule has 0 atom stereocenters. The Morgan fingerprint density at radius 1 is 1.24 bits per heavy atom. The zero-order chi connectivity index (χ0) is 15.5. The number of alkyl halides is 3. The molecule has 0 aliphatic carbocycles. The number of halogens is 3. The number of anilines is 1. The number of rotatable bonds is 4. The zero-order valence-corrected chi connectivity index (χ0v) is 11.5. The largest absolute Gasteiger partial charge is 0.573 e. The van der Waals surface area contributed by atoms with Gasteiger partial charge in [0.1, 0.15) is 17.9 Å². The van der Waals surface area contributed by atoms with Gasteiger partial charge in [0.15, 0.2) is 0 Å². The van der Waals surface area contributed by atoms with Crippen molar-refractivity contribution in [2.24, 2.45) is 0 Å². The fourth-order valence-corrected chi connectivity index (χ4v) is 2.05. The Bertz CT molecular complexity index is 629. The summed E-state index contributed by atoms with van der Waals surface area (Å²) in [6.45, 7) is 1.93. The summed E-state index contributed by atoms with van der Waals surface area (Å²) in [5, 5.41) is 2.95. The van der Waals surface area contributed by atoms with E-state index >= 15 is 0 Å². The van der Waals surface area contributed by atoms with Crippen molar-refractivity contribution in [2.75, 3.05) is 12.4 Å². The number of nitrogens with one attached hydrogen (secondary N) is 1. The molecule has 0 spiro atoms. The van der Waals surface area contributed by atoms with Gasteiger partial charge in [0.2, 0.25) is 0 Å². The quantitative estimate of drug-likeness (QED) is 0.936. The van der Waals surface area contributed by atoms with E-state index in [-0.39, 0.29) is 5.75 Å². The molecule has 0 saturated carbocycles. The molecule has 0 aliphatic heterocycles. The Labute approximate surface area is 120 Å². The summed E-state index contributed by atoms with van der Waals surface area (Å²) >= 11 is 0. The van der Waals surface area contributed by atoms with E-state index in [0.717, 1.165) is 5.56 Å². The molecule has 0 aliphatic rings. The Morgan fingerprint density at radius 3 is 2.62 bits per heavy atom. The molecular weight excluding hydrogens is 283 g/mol. The number of benzene rings is 1. The molecule has 21 heavy (non-hydrogen) atoms. The van der Waals surface area contributed by atoms with Crippen molar-refractivity contribution in [1.82, 2.24) is 9.97 Å². The first-order valence-corrected chi connectivity index (χ1v) is 6.32. The topological polar surface area (TPSA) is 47.0 Å². The minimum absolute atomic E-state index is 0.272. The molecule has 112 valence electrons. The van der Waals surface area contributed by atoms with Crippen LogP contribution >= 0.6 is 0 Å². The second kappa shape index (κ2) is 5.99. The first-order valence-electron chi connectivity index (χ1n) is 6.32. The maximum atomic E-state index is 12.3. The van der Waals surface area contributed by atoms with Crippen molar-refractivity contribution in [3.05, 3.63) is 36.2 Å². The predicted molar refractivity (Wildman–Crippen MR) is 73.1 cm³/mol. The molecule has 0 radical (unpaired) electrons. The number of hydrogen-bond acceptors (Lipinski definition) is 4. The van der Waals surface area contributed by atoms with E-state index in [2.05, 4.69) is 20.0 Å². The van der Waals surface area contributed by atoms with Crippen molar-refractivity contribution in [3.63, 3.8) is 0 Å². The van der Waals surface area contributed by atoms with Crippen LogP contribution < -0.4 is 10.1 Å². The monoisotopic (exact) mass is 297 g/mol. The zero-order valence-electron chi connectivity index (χ0n) is 11.5. The van der Waals surface area contributed by atoms with Gasteiger partial charge in [-0.1, -0.05) is 19.1 Å². The number of ether oxygens (including phenoxy) is 1. The lowest BCUT2D eigenvalue weighted by atomic mass is 10.0. The molecular formula is C14H14F3N3O. The van der Waals surface area contributed by atoms with Crippen molar-refractivity contribution in [1.29, 1.82) is 0 Å². The van der Waals surface area contributed by atoms with E-state index in [4.69, 9.17) is 0 Å². The average Bonchev–Trinajstić information content (AvgIpc) is 2.44. The van der Waals surface area contributed by atoms with Gasteiger partial charge in [-0.15, -0.1) is 13.2 Å². The van der Waals surface area contributed by atoms with Crippen molar-refractivity contribution in [3.8, 4) is 17.0 Å². The molecule has 0 fully saturated rings. The first-order chi connectivity index (χ1) is 9.94. The third-order valence-electron chi connectivity index (χ3n) is 2.88. The van der Waals surface area contributed by atoms with Gasteiger partial charge in [0.05, 0.1) is 5.69 Å². The minimum atomic E-state index is -4.71. The normalized spacial score (nSPS) is 11.3. The maximum absolute atomic E-state index is 12.3. The highest BCUT2D eigenvalue weighted by molar-refractivity contribution is 5.69. The smallest absolute Gasteiger partial charge is 0.406 e. The van der Waals surface area contributed by atoms with Crippen LogP contribution in [0.1, 0.15) is 12.5 Å². The predicted octanol–water partition coefficient (Wildman–Crippen LogP) is 3.65. The molecule has 0 saturated heterocycles. The van der Waals surface area contributed by atoms with Crippen LogP contribution in [0.2, 0.25) is 0 Å². The van der Waals surface area contributed by atoms with Gasteiger partial charge in [0.25, 0.3) is 0 Å². The average molecular weight is 297 g/mol. The van der Waals surface area contributed by atoms with Gasteiger partial charge < -0.3 is 10.1 Å². The minimum Gasteiger partial charge on any atom is -0.406 e. The number of hydrogen-bond donors (Lipinski definition) is 1. The first kappa shape index (κ1) is 15.1. The van der Waals surface area contributed by atoms with Crippen LogP contribution in [0.4, 0.5) is 19.0 Å². The fourth-order valence-electron chi connectivity index (χ4n) is 2.05. The van der Waals surface area contributed by atoms with Crippen molar-refractivity contribution >= 4 is 5.82 Å². The van der Waals surface area contributed by atoms with Crippen LogP contribution in [0, 0.1) is 0 Å². The van der Waals surface area contributed by atoms with E-state index in [9.17, 15) is 13.2 Å². The van der Waals surface area contributed by atoms with Gasteiger partial charge in [-0.05, 0) is 18.6 Å². The van der Waals surface area contributed by atoms with Gasteiger partial charge in [-0.25, -0.2) is 9.97 Å². The van der Waals surface area contributed by atoms with Gasteiger partial charge >= 0.3 is 6.36 Å². The molecule has 0 unspecified atom stereocenters. The summed E-state index contributed by atoms with van der Waals surface area (Å²) < 4.78 is 40.8. The molecule has 2 rings (SSSR count). The third kappa shape index (κ3) is 3.62. The lowest BCUT2D eigenvalue weighted by Gasteiger charge is -2.13. The highest BCUT2D eigenvalue weighted by Crippen LogP contribution is 2.30. The van der Waals surface area contributed by atoms with Gasteiger partial charge in [0, 0.05) is 18.2 Å². The summed E-state index contributed by atoms with van der Waals surface area (Å²) in [4.78, 5) is 8.28. The van der Waals surface area contributed by atoms with Gasteiger partial charge in [-0.2, -0.15) is 0 Å². The second-order valence-electron chi connectivity index (χ2n) is 4.23. The summed E-state index contributed by atoms with van der Waals surface area (Å²) in [6.07, 6.45) is -2.69. The van der Waals surface area contributed by atoms with E-state index < -0.39 is 6.36 Å². The van der Waals surface area contributed by atoms with Crippen LogP contribution in [-0.4, -0.2) is 23.4 Å². The van der Waals surface area contributed by atoms with Crippen LogP contribution in [0.25, 0.3) is 11.3 Å². The van der Waals surface area contributed by atoms with E-state index in [1.807, 2.05) is 6.92 Å². The molecule has 2 aromatic rings. The lowest BCUT2D eigenvalue weighted by Crippen LogP contribution is -2.17. The Kier molecular flexibility index (Phi) is 4.30. The third-order valence-corrected chi connectivity index (χ3v) is 2.88. The molecule has 7 heteroatoms. The molecule has 1 N–H and O–H groups in total. The van der Waals surface area contributed by atoms with Crippen molar-refractivity contribution < 1.29 is 17.9 Å². The Morgan fingerprint density at radius 2 is 2.00 bits per heavy atom. The number of aromatic nitrogens is 2. The summed E-state index contributed by atoms with van der Waals surface area (Å²) in [5.41, 5.74) is 1.97. The van der Waals surface area contributed by atoms with E-state index in [1.54, 1.807) is 13.1 Å². The van der Waals surface area contributed by atoms with Crippen LogP contribution in [-0.2, 0) is 6.42 Å². The summed E-state index contributed by atoms with van der Waals surface area (Å²) in [7, 11) is 1.73. The van der Waals surface area contributed by atoms with E-state index in [0.29, 0.717) is 23.5 Å². The fraction of sp³-hybridized carbons (Fsp3) is 0.286. The Hall–Kier alpha value is -2.31. The second-order valence-corrected chi connectivity index (χ2v) is 4.23. The highest BCUT2D eigenvalue weighted by Gasteiger charge is 2.31. The molecule has 1 heterocycles. The molecule has 0 bridgehead atoms. The standard InChI is InChI=1S/C14H14F3N3O/c1-3-11-12(19-8-20-13(11)18-2)9-5-4-6-10(7-9)21-14(15,16)17/h4-8H,3H2,1-2H3,(H,18,19,20). The highest BCUT2D eigenvalue weighted by atomic mass is 19.4. The summed E-state index contributed by atoms with van der Waals surface area (Å²) in [5.74, 6) is 0.385. The van der Waals surface area contributed by atoms with Crippen LogP contribution in [0.15, 0.2) is 30.6 Å². The molecule has 1 aromatic heterocycles. The lowest BCUT2D eigenvalue weighted by molar-refractivity contribution is -0.274. The van der Waals surface area contributed by atoms with Crippen LogP contribution in [0.5, 0.6) is 5.75 Å². The maximum Gasteiger partial charge on any atom is 0.573 e. The molecule has 0 amide bonds. The molecule has 1 aromatic carbocycles. The van der Waals surface area contributed by atoms with Crippen molar-refractivity contribution in [2.45, 2.75) is 19.7 Å². The number of nitrogens with zero attached hydrogens (tertiary/aromatic N) is 2. The van der Waals surface area contributed by atoms with Crippen LogP contribution in [0.3, 0.4) is 0 Å². The SMILES string of the molecule is CCc1c(NC)ncnc1-c1cccc(OC(F)(F)F)c1.